The highest BCUT2D eigenvalue weighted by atomic mass is 16.2. The predicted octanol–water partition coefficient (Wildman–Crippen LogP) is 2.65. The molecule has 0 aromatic carbocycles. The molecule has 1 fully saturated rings. The van der Waals surface area contributed by atoms with Crippen LogP contribution in [0.15, 0.2) is 12.5 Å². The number of Topliss-reactive ketones (excluding diaryl/α,β-unsaturated/α-hetero) is 1. The number of likely N-dealkylation sites (tertiary alicyclic amines) is 1. The Hall–Kier alpha value is -2.37. The second-order valence-corrected chi connectivity index (χ2v) is 6.70. The van der Waals surface area contributed by atoms with Crippen LogP contribution >= 0.6 is 0 Å². The fourth-order valence-corrected chi connectivity index (χ4v) is 3.70. The molecule has 3 heterocycles. The van der Waals surface area contributed by atoms with E-state index in [1.807, 2.05) is 24.9 Å². The van der Waals surface area contributed by atoms with Gasteiger partial charge in [-0.05, 0) is 51.5 Å². The van der Waals surface area contributed by atoms with Crippen LogP contribution in [0.5, 0.6) is 0 Å². The number of aryl methyl sites for hydroxylation is 1. The minimum atomic E-state index is -0.00133. The van der Waals surface area contributed by atoms with E-state index in [4.69, 9.17) is 0 Å². The third-order valence-corrected chi connectivity index (χ3v) is 4.97. The first-order chi connectivity index (χ1) is 11.5. The summed E-state index contributed by atoms with van der Waals surface area (Å²) >= 11 is 0. The van der Waals surface area contributed by atoms with Crippen LogP contribution in [0.1, 0.15) is 57.6 Å². The summed E-state index contributed by atoms with van der Waals surface area (Å²) in [6, 6.07) is 0. The third kappa shape index (κ3) is 3.13. The van der Waals surface area contributed by atoms with E-state index in [0.29, 0.717) is 17.2 Å². The molecule has 2 aromatic rings. The number of hydrogen-bond acceptors (Lipinski definition) is 3. The maximum Gasteiger partial charge on any atom is 0.270 e. The molecule has 0 radical (unpaired) electrons. The maximum absolute atomic E-state index is 12.8. The molecular weight excluding hydrogens is 304 g/mol. The van der Waals surface area contributed by atoms with Gasteiger partial charge >= 0.3 is 0 Å². The topological polar surface area (TPSA) is 81.8 Å². The van der Waals surface area contributed by atoms with Crippen LogP contribution in [0, 0.1) is 19.8 Å². The average molecular weight is 328 g/mol. The van der Waals surface area contributed by atoms with Crippen LogP contribution in [0.25, 0.3) is 0 Å². The van der Waals surface area contributed by atoms with Gasteiger partial charge < -0.3 is 14.9 Å². The van der Waals surface area contributed by atoms with Crippen molar-refractivity contribution in [3.05, 3.63) is 40.7 Å². The molecule has 2 aromatic heterocycles. The number of rotatable bonds is 4. The van der Waals surface area contributed by atoms with Crippen LogP contribution in [-0.2, 0) is 6.42 Å². The Morgan fingerprint density at radius 2 is 2.00 bits per heavy atom. The summed E-state index contributed by atoms with van der Waals surface area (Å²) in [5.74, 6) is 0.579. The fraction of sp³-hybridized carbons (Fsp3) is 0.500. The Kier molecular flexibility index (Phi) is 4.55. The normalized spacial score (nSPS) is 15.7. The number of nitrogens with zero attached hydrogens (tertiary/aromatic N) is 2. The molecule has 0 atom stereocenters. The molecule has 0 aliphatic carbocycles. The number of aromatic nitrogens is 3. The Morgan fingerprint density at radius 1 is 1.29 bits per heavy atom. The van der Waals surface area contributed by atoms with Gasteiger partial charge in [0.05, 0.1) is 6.33 Å². The molecule has 3 rings (SSSR count). The van der Waals surface area contributed by atoms with E-state index in [1.54, 1.807) is 13.3 Å². The number of piperidine rings is 1. The second kappa shape index (κ2) is 6.63. The van der Waals surface area contributed by atoms with Gasteiger partial charge in [-0.25, -0.2) is 4.98 Å². The molecule has 1 aliphatic rings. The second-order valence-electron chi connectivity index (χ2n) is 6.70. The number of nitrogens with one attached hydrogen (secondary N) is 2. The summed E-state index contributed by atoms with van der Waals surface area (Å²) < 4.78 is 0. The van der Waals surface area contributed by atoms with Gasteiger partial charge in [0.2, 0.25) is 0 Å². The minimum absolute atomic E-state index is 0.00133. The monoisotopic (exact) mass is 328 g/mol. The molecule has 6 heteroatoms. The lowest BCUT2D eigenvalue weighted by Gasteiger charge is -2.31. The largest absolute Gasteiger partial charge is 0.354 e. The van der Waals surface area contributed by atoms with Crippen molar-refractivity contribution in [2.24, 2.45) is 5.92 Å². The number of carbonyl (C=O) groups excluding carboxylic acids is 2. The van der Waals surface area contributed by atoms with E-state index in [0.717, 1.165) is 49.3 Å². The highest BCUT2D eigenvalue weighted by Gasteiger charge is 2.27. The fourth-order valence-electron chi connectivity index (χ4n) is 3.70. The van der Waals surface area contributed by atoms with E-state index < -0.39 is 0 Å². The standard InChI is InChI=1S/C18H24N4O2/c1-11-16(13(3)23)12(2)21-17(11)18(24)22-6-4-14(5-7-22)8-15-9-19-10-20-15/h9-10,14,21H,4-8H2,1-3H3,(H,19,20). The average Bonchev–Trinajstić information content (AvgIpc) is 3.15. The van der Waals surface area contributed by atoms with Crippen molar-refractivity contribution < 1.29 is 9.59 Å². The van der Waals surface area contributed by atoms with Crippen molar-refractivity contribution in [1.29, 1.82) is 0 Å². The molecule has 1 saturated heterocycles. The summed E-state index contributed by atoms with van der Waals surface area (Å²) in [7, 11) is 0. The first-order valence-electron chi connectivity index (χ1n) is 8.44. The molecule has 1 amide bonds. The van der Waals surface area contributed by atoms with E-state index in [-0.39, 0.29) is 11.7 Å². The summed E-state index contributed by atoms with van der Waals surface area (Å²) in [5, 5.41) is 0. The summed E-state index contributed by atoms with van der Waals surface area (Å²) in [5.41, 5.74) is 3.90. The van der Waals surface area contributed by atoms with Crippen molar-refractivity contribution in [1.82, 2.24) is 19.9 Å². The van der Waals surface area contributed by atoms with Crippen LogP contribution in [0.3, 0.4) is 0 Å². The highest BCUT2D eigenvalue weighted by Crippen LogP contribution is 2.24. The van der Waals surface area contributed by atoms with Crippen LogP contribution in [0.2, 0.25) is 0 Å². The van der Waals surface area contributed by atoms with Crippen LogP contribution in [0.4, 0.5) is 0 Å². The van der Waals surface area contributed by atoms with Gasteiger partial charge in [-0.3, -0.25) is 9.59 Å². The molecule has 1 aliphatic heterocycles. The molecular formula is C18H24N4O2. The van der Waals surface area contributed by atoms with Gasteiger partial charge in [0.1, 0.15) is 5.69 Å². The molecule has 6 nitrogen and oxygen atoms in total. The molecule has 0 bridgehead atoms. The van der Waals surface area contributed by atoms with E-state index in [1.165, 1.54) is 0 Å². The highest BCUT2D eigenvalue weighted by molar-refractivity contribution is 6.02. The number of ketones is 1. The summed E-state index contributed by atoms with van der Waals surface area (Å²) in [6.07, 6.45) is 6.53. The lowest BCUT2D eigenvalue weighted by atomic mass is 9.92. The van der Waals surface area contributed by atoms with Crippen LogP contribution in [-0.4, -0.2) is 44.6 Å². The first-order valence-corrected chi connectivity index (χ1v) is 8.44. The van der Waals surface area contributed by atoms with E-state index >= 15 is 0 Å². The van der Waals surface area contributed by atoms with Crippen molar-refractivity contribution in [2.45, 2.75) is 40.0 Å². The molecule has 0 saturated carbocycles. The molecule has 24 heavy (non-hydrogen) atoms. The molecule has 2 N–H and O–H groups in total. The summed E-state index contributed by atoms with van der Waals surface area (Å²) in [4.78, 5) is 36.7. The Balaban J connectivity index is 1.65. The van der Waals surface area contributed by atoms with Gasteiger partial charge in [0.15, 0.2) is 5.78 Å². The lowest BCUT2D eigenvalue weighted by molar-refractivity contribution is 0.0684. The van der Waals surface area contributed by atoms with Gasteiger partial charge in [-0.15, -0.1) is 0 Å². The number of carbonyl (C=O) groups is 2. The zero-order chi connectivity index (χ0) is 17.3. The smallest absolute Gasteiger partial charge is 0.270 e. The van der Waals surface area contributed by atoms with Gasteiger partial charge in [0, 0.05) is 36.2 Å². The zero-order valence-corrected chi connectivity index (χ0v) is 14.5. The zero-order valence-electron chi connectivity index (χ0n) is 14.5. The summed E-state index contributed by atoms with van der Waals surface area (Å²) in [6.45, 7) is 6.74. The maximum atomic E-state index is 12.8. The Labute approximate surface area is 141 Å². The van der Waals surface area contributed by atoms with Crippen molar-refractivity contribution in [3.63, 3.8) is 0 Å². The van der Waals surface area contributed by atoms with Gasteiger partial charge in [-0.1, -0.05) is 0 Å². The van der Waals surface area contributed by atoms with Gasteiger partial charge in [-0.2, -0.15) is 0 Å². The number of imidazole rings is 1. The number of aromatic amines is 2. The number of H-pyrrole nitrogens is 2. The molecule has 0 spiro atoms. The van der Waals surface area contributed by atoms with Crippen molar-refractivity contribution in [3.8, 4) is 0 Å². The van der Waals surface area contributed by atoms with E-state index in [2.05, 4.69) is 15.0 Å². The van der Waals surface area contributed by atoms with Crippen molar-refractivity contribution >= 4 is 11.7 Å². The van der Waals surface area contributed by atoms with Crippen molar-refractivity contribution in [2.75, 3.05) is 13.1 Å². The molecule has 0 unspecified atom stereocenters. The quantitative estimate of drug-likeness (QED) is 0.847. The predicted molar refractivity (Wildman–Crippen MR) is 91.2 cm³/mol. The Morgan fingerprint density at radius 3 is 2.54 bits per heavy atom. The third-order valence-electron chi connectivity index (χ3n) is 4.97. The minimum Gasteiger partial charge on any atom is -0.354 e. The lowest BCUT2D eigenvalue weighted by Crippen LogP contribution is -2.39. The first kappa shape index (κ1) is 16.5. The Bertz CT molecular complexity index is 737. The van der Waals surface area contributed by atoms with E-state index in [9.17, 15) is 9.59 Å². The van der Waals surface area contributed by atoms with Crippen LogP contribution < -0.4 is 0 Å². The number of hydrogen-bond donors (Lipinski definition) is 2. The SMILES string of the molecule is CC(=O)c1c(C)[nH]c(C(=O)N2CCC(Cc3cnc[nH]3)CC2)c1C. The van der Waals surface area contributed by atoms with Gasteiger partial charge in [0.25, 0.3) is 5.91 Å². The number of amides is 1. The molecule has 128 valence electrons.